The van der Waals surface area contributed by atoms with Gasteiger partial charge in [0.05, 0.1) is 0 Å². The van der Waals surface area contributed by atoms with Gasteiger partial charge in [0.25, 0.3) is 0 Å². The van der Waals surface area contributed by atoms with Gasteiger partial charge in [-0.05, 0) is 0 Å². The van der Waals surface area contributed by atoms with Crippen molar-refractivity contribution in [3.63, 3.8) is 0 Å². The van der Waals surface area contributed by atoms with Crippen molar-refractivity contribution < 1.29 is 18.6 Å². The van der Waals surface area contributed by atoms with Gasteiger partial charge in [-0.25, -0.2) is 0 Å². The molecule has 0 aromatic heterocycles. The Balaban J connectivity index is 0. The van der Waals surface area contributed by atoms with E-state index in [0.717, 1.165) is 0 Å². The van der Waals surface area contributed by atoms with E-state index in [1.165, 1.54) is 0 Å². The van der Waals surface area contributed by atoms with Crippen LogP contribution in [0.3, 0.4) is 0 Å². The monoisotopic (exact) mass is 223 g/mol. The summed E-state index contributed by atoms with van der Waals surface area (Å²) in [4.78, 5) is 1.79. The first kappa shape index (κ1) is 5.81. The predicted molar refractivity (Wildman–Crippen MR) is 29.5 cm³/mol. The minimum Gasteiger partial charge on any atom is -0.165 e. The average molecular weight is 223 g/mol. The molecule has 0 aromatic carbocycles. The third-order valence-corrected chi connectivity index (χ3v) is 0. The van der Waals surface area contributed by atoms with Gasteiger partial charge in [0.15, 0.2) is 0 Å². The van der Waals surface area contributed by atoms with Crippen LogP contribution in [-0.2, 0) is 18.6 Å². The third-order valence-electron chi connectivity index (χ3n) is 0. The van der Waals surface area contributed by atoms with Crippen molar-refractivity contribution in [1.82, 2.24) is 0 Å². The van der Waals surface area contributed by atoms with Crippen LogP contribution in [0.1, 0.15) is 0 Å². The molecule has 2 radical (unpaired) electrons. The summed E-state index contributed by atoms with van der Waals surface area (Å²) in [5, 5.41) is 0. The quantitative estimate of drug-likeness (QED) is 0.350. The fraction of sp³-hybridized carbons (Fsp3) is 0. The summed E-state index contributed by atoms with van der Waals surface area (Å²) in [6.45, 7) is 0. The Morgan fingerprint density at radius 1 is 2.25 bits per heavy atom. The molecule has 0 rings (SSSR count). The van der Waals surface area contributed by atoms with Gasteiger partial charge in [-0.15, -0.1) is 0 Å². The van der Waals surface area contributed by atoms with Crippen LogP contribution < -0.4 is 0 Å². The van der Waals surface area contributed by atoms with Gasteiger partial charge in [-0.2, -0.15) is 31.4 Å². The average Bonchev–Trinajstić information content (AvgIpc) is 1.37. The molecule has 4 heavy (non-hydrogen) atoms. The first-order chi connectivity index (χ1) is 1.91. The smallest absolute Gasteiger partial charge is 0.165 e. The first-order valence-corrected chi connectivity index (χ1v) is 2.33. The zero-order chi connectivity index (χ0) is 3.41. The zero-order valence-corrected chi connectivity index (χ0v) is 6.46. The molecule has 4 heteroatoms. The van der Waals surface area contributed by atoms with Gasteiger partial charge >= 0.3 is 0 Å². The van der Waals surface area contributed by atoms with E-state index < -0.39 is 0 Å². The molecule has 0 spiro atoms. The fourth-order valence-corrected chi connectivity index (χ4v) is 0. The largest absolute Gasteiger partial charge is 0.226 e. The van der Waals surface area contributed by atoms with Gasteiger partial charge in [0.2, 0.25) is 4.86 Å². The minimum atomic E-state index is 0. The molecule has 0 nitrogen and oxygen atoms in total. The summed E-state index contributed by atoms with van der Waals surface area (Å²) in [6.07, 6.45) is 0. The second-order valence-corrected chi connectivity index (χ2v) is 2.20. The van der Waals surface area contributed by atoms with Crippen molar-refractivity contribution in [3.8, 4) is 0 Å². The molecule has 1 unspecified atom stereocenters. The summed E-state index contributed by atoms with van der Waals surface area (Å²) in [6, 6.07) is 0. The molecular weight excluding hydrogens is 220 g/mol. The zero-order valence-electron chi connectivity index (χ0n) is 2.90. The predicted octanol–water partition coefficient (Wildman–Crippen LogP) is 0.828. The van der Waals surface area contributed by atoms with E-state index in [9.17, 15) is 0 Å². The topological polar surface area (TPSA) is 0 Å². The molecule has 0 heterocycles. The van der Waals surface area contributed by atoms with Crippen LogP contribution in [0.15, 0.2) is 0 Å². The summed E-state index contributed by atoms with van der Waals surface area (Å²) in [5.74, 6) is 0. The molecule has 0 aromatic rings. The normalized spacial score (nSPS) is 9.75. The number of hydrogen-bond donors (Lipinski definition) is 0. The maximum absolute atomic E-state index is 6.42. The Morgan fingerprint density at radius 3 is 2.50 bits per heavy atom. The molecule has 1 atom stereocenters. The maximum Gasteiger partial charge on any atom is 0.226 e. The Bertz CT molecular complexity index is 13.6. The second kappa shape index (κ2) is 8.84. The molecule has 0 aliphatic carbocycles. The summed E-state index contributed by atoms with van der Waals surface area (Å²) >= 11 is 2.05. The molecule has 0 bridgehead atoms. The first-order valence-electron chi connectivity index (χ1n) is 1.01. The molecule has 0 fully saturated rings. The second-order valence-electron chi connectivity index (χ2n) is 0.109. The van der Waals surface area contributed by atoms with Crippen LogP contribution in [0, 0.1) is 0 Å². The Kier molecular flexibility index (Phi) is 12.8. The molecule has 0 amide bonds. The molecule has 0 N–H and O–H groups in total. The number of hydrogen-bond acceptors (Lipinski definition) is 0. The summed E-state index contributed by atoms with van der Waals surface area (Å²) < 4.78 is 6.42. The Morgan fingerprint density at radius 2 is 2.50 bits per heavy atom. The van der Waals surface area contributed by atoms with Gasteiger partial charge in [0.1, 0.15) is 0 Å². The van der Waals surface area contributed by atoms with Crippen LogP contribution in [0.25, 0.3) is 0 Å². The van der Waals surface area contributed by atoms with E-state index in [1.807, 2.05) is 0 Å². The molecular formula is H2BIPV. The van der Waals surface area contributed by atoms with Gasteiger partial charge in [0, 0.05) is 19.8 Å². The van der Waals surface area contributed by atoms with E-state index in [0.29, 0.717) is 0 Å². The van der Waals surface area contributed by atoms with Crippen molar-refractivity contribution in [1.29, 1.82) is 1.28 Å². The fourth-order valence-electron chi connectivity index (χ4n) is 0. The number of halogens is 1. The Hall–Kier alpha value is 1.81. The van der Waals surface area contributed by atoms with Crippen LogP contribution in [0.4, 0.5) is 0 Å². The van der Waals surface area contributed by atoms with Crippen molar-refractivity contribution in [2.75, 3.05) is 0 Å². The third kappa shape index (κ3) is 9.18. The molecule has 0 aliphatic heterocycles. The minimum absolute atomic E-state index is 0. The van der Waals surface area contributed by atoms with E-state index in [4.69, 9.17) is 1.28 Å². The van der Waals surface area contributed by atoms with Crippen LogP contribution in [-0.4, -0.2) is 6.13 Å². The molecule has 0 saturated carbocycles. The summed E-state index contributed by atoms with van der Waals surface area (Å²) in [7, 11) is 0.252. The molecule has 0 aliphatic rings. The van der Waals surface area contributed by atoms with E-state index in [-0.39, 0.29) is 27.6 Å². The van der Waals surface area contributed by atoms with E-state index >= 15 is 0 Å². The standard InChI is InChI=1S/BH2IP.V/c2-1-3;/h3H2;/i3D;. The van der Waals surface area contributed by atoms with Gasteiger partial charge < -0.3 is 0 Å². The molecule has 22 valence electrons. The van der Waals surface area contributed by atoms with Crippen LogP contribution in [0.2, 0.25) is 0 Å². The molecule has 0 saturated heterocycles. The SMILES string of the molecule is [2H]P[B]I.[V]. The summed E-state index contributed by atoms with van der Waals surface area (Å²) in [5.41, 5.74) is 0. The van der Waals surface area contributed by atoms with Crippen LogP contribution in [0.5, 0.6) is 0 Å². The van der Waals surface area contributed by atoms with Crippen molar-refractivity contribution in [2.45, 2.75) is 0 Å². The number of rotatable bonds is 1. The van der Waals surface area contributed by atoms with Gasteiger partial charge in [-0.3, -0.25) is 0 Å². The maximum atomic E-state index is 6.42. The van der Waals surface area contributed by atoms with E-state index in [2.05, 4.69) is 22.4 Å². The van der Waals surface area contributed by atoms with Crippen molar-refractivity contribution in [3.05, 3.63) is 0 Å². The van der Waals surface area contributed by atoms with Crippen molar-refractivity contribution in [2.24, 2.45) is 0 Å². The van der Waals surface area contributed by atoms with Gasteiger partial charge in [-0.1, -0.05) is 0 Å². The Labute approximate surface area is 55.9 Å². The van der Waals surface area contributed by atoms with E-state index in [1.54, 1.807) is 4.86 Å². The van der Waals surface area contributed by atoms with Crippen LogP contribution >= 0.6 is 31.4 Å². The van der Waals surface area contributed by atoms with Crippen molar-refractivity contribution >= 4 is 36.3 Å².